The minimum absolute atomic E-state index is 0.0255. The summed E-state index contributed by atoms with van der Waals surface area (Å²) < 4.78 is 45.8. The van der Waals surface area contributed by atoms with Crippen molar-refractivity contribution in [2.45, 2.75) is 63.7 Å². The van der Waals surface area contributed by atoms with E-state index in [1.807, 2.05) is 42.1 Å². The summed E-state index contributed by atoms with van der Waals surface area (Å²) in [5.74, 6) is -3.57. The molecule has 3 atom stereocenters. The molecule has 1 fully saturated rings. The molecule has 0 bridgehead atoms. The number of rotatable bonds is 15. The van der Waals surface area contributed by atoms with Gasteiger partial charge in [-0.3, -0.25) is 9.59 Å². The molecular weight excluding hydrogens is 763 g/mol. The molecule has 2 aliphatic heterocycles. The molecule has 5 rings (SSSR count). The number of anilines is 1. The van der Waals surface area contributed by atoms with Gasteiger partial charge in [0.15, 0.2) is 34.6 Å². The lowest BCUT2D eigenvalue weighted by atomic mass is 9.74. The molecule has 2 aliphatic rings. The van der Waals surface area contributed by atoms with Gasteiger partial charge in [-0.2, -0.15) is 9.35 Å². The normalized spacial score (nSPS) is 18.9. The molecule has 0 spiro atoms. The van der Waals surface area contributed by atoms with Crippen molar-refractivity contribution in [2.24, 2.45) is 35.5 Å². The number of nitrogens with two attached hydrogens (primary N) is 3. The molecule has 1 saturated heterocycles. The number of hydrogen-bond donors (Lipinski definition) is 4. The summed E-state index contributed by atoms with van der Waals surface area (Å²) in [6, 6.07) is 9.71. The van der Waals surface area contributed by atoms with E-state index >= 15 is 0 Å². The van der Waals surface area contributed by atoms with Crippen LogP contribution in [0.3, 0.4) is 0 Å². The molecule has 0 radical (unpaired) electrons. The van der Waals surface area contributed by atoms with Crippen molar-refractivity contribution in [2.75, 3.05) is 18.8 Å². The number of hydrogen-bond acceptors (Lipinski definition) is 17. The van der Waals surface area contributed by atoms with Crippen LogP contribution < -0.4 is 31.6 Å². The Kier molecular flexibility index (Phi) is 13.3. The lowest BCUT2D eigenvalue weighted by Crippen LogP contribution is -2.68. The van der Waals surface area contributed by atoms with E-state index in [2.05, 4.69) is 14.4 Å². The van der Waals surface area contributed by atoms with E-state index in [0.717, 1.165) is 40.1 Å². The summed E-state index contributed by atoms with van der Waals surface area (Å²) in [5, 5.41) is 24.5. The number of oxime groups is 1. The van der Waals surface area contributed by atoms with Crippen molar-refractivity contribution in [1.82, 2.24) is 10.0 Å². The van der Waals surface area contributed by atoms with E-state index in [4.69, 9.17) is 36.7 Å². The first-order valence-corrected chi connectivity index (χ1v) is 19.0. The number of carboxylic acids is 1. The van der Waals surface area contributed by atoms with Crippen LogP contribution in [0.2, 0.25) is 0 Å². The first-order valence-electron chi connectivity index (χ1n) is 16.8. The van der Waals surface area contributed by atoms with Gasteiger partial charge in [0.1, 0.15) is 18.5 Å². The van der Waals surface area contributed by atoms with E-state index in [1.165, 1.54) is 26.2 Å². The van der Waals surface area contributed by atoms with E-state index < -0.39 is 69.8 Å². The van der Waals surface area contributed by atoms with Crippen LogP contribution >= 0.6 is 11.3 Å². The number of aliphatic carboxylic acids is 1. The highest BCUT2D eigenvalue weighted by Gasteiger charge is 2.57. The molecular formula is C34H42N7O12S2-. The molecule has 298 valence electrons. The molecule has 55 heavy (non-hydrogen) atoms. The number of amides is 1. The van der Waals surface area contributed by atoms with E-state index in [-0.39, 0.29) is 23.2 Å². The van der Waals surface area contributed by atoms with Crippen molar-refractivity contribution in [1.29, 1.82) is 0 Å². The van der Waals surface area contributed by atoms with Crippen LogP contribution in [0.4, 0.5) is 5.13 Å². The maximum Gasteiger partial charge on any atom is 0.354 e. The van der Waals surface area contributed by atoms with Gasteiger partial charge in [-0.1, -0.05) is 11.2 Å². The SMILES string of the molecule is C[n+]1cc(-c2ccc3c(c2)CC[C@H]([C@](C)(O/N=C(\C(=O)C[C@@H]2C(=O)N(OS(=O)(=O)[O-])C2(C)C)c2csc(N)n2)C(=O)O)O3)ccc1CC(CN)CN.O=C[O-]. The van der Waals surface area contributed by atoms with Crippen LogP contribution in [0.15, 0.2) is 47.1 Å². The maximum absolute atomic E-state index is 13.6. The molecule has 0 saturated carbocycles. The number of Topliss-reactive ketones (excluding diaryl/α,β-unsaturated/α-hetero) is 1. The van der Waals surface area contributed by atoms with E-state index in [9.17, 15) is 32.5 Å². The lowest BCUT2D eigenvalue weighted by molar-refractivity contribution is -0.679. The summed E-state index contributed by atoms with van der Waals surface area (Å²) in [6.07, 6.45) is 1.91. The van der Waals surface area contributed by atoms with Crippen molar-refractivity contribution in [3.05, 3.63) is 58.9 Å². The summed E-state index contributed by atoms with van der Waals surface area (Å²) >= 11 is 0.991. The van der Waals surface area contributed by atoms with Gasteiger partial charge in [-0.05, 0) is 81.9 Å². The topological polar surface area (TPSA) is 307 Å². The Hall–Kier alpha value is -5.06. The molecule has 0 aliphatic carbocycles. The lowest BCUT2D eigenvalue weighted by Gasteiger charge is -2.51. The second-order valence-electron chi connectivity index (χ2n) is 13.6. The van der Waals surface area contributed by atoms with E-state index in [0.29, 0.717) is 30.3 Å². The average Bonchev–Trinajstić information content (AvgIpc) is 3.56. The molecule has 0 unspecified atom stereocenters. The molecule has 2 aromatic heterocycles. The summed E-state index contributed by atoms with van der Waals surface area (Å²) in [5.41, 5.74) is 17.5. The number of nitrogens with zero attached hydrogens (tertiary/aromatic N) is 4. The molecule has 7 N–H and O–H groups in total. The largest absolute Gasteiger partial charge is 0.724 e. The number of nitrogen functional groups attached to an aromatic ring is 1. The van der Waals surface area contributed by atoms with Crippen molar-refractivity contribution in [3.63, 3.8) is 0 Å². The number of carbonyl (C=O) groups is 4. The number of β-lactam (4-membered cyclic amide) rings is 1. The molecule has 1 aromatic carbocycles. The number of ether oxygens (including phenoxy) is 1. The Balaban J connectivity index is 0.00000217. The van der Waals surface area contributed by atoms with Crippen LogP contribution in [-0.2, 0) is 58.6 Å². The van der Waals surface area contributed by atoms with Gasteiger partial charge in [0.25, 0.3) is 11.5 Å². The number of pyridine rings is 1. The van der Waals surface area contributed by atoms with Gasteiger partial charge < -0.3 is 46.3 Å². The van der Waals surface area contributed by atoms with Crippen LogP contribution in [-0.4, -0.2) is 88.3 Å². The fourth-order valence-corrected chi connectivity index (χ4v) is 7.19. The number of benzene rings is 1. The number of aryl methyl sites for hydroxylation is 2. The monoisotopic (exact) mass is 804 g/mol. The van der Waals surface area contributed by atoms with Gasteiger partial charge in [-0.15, -0.1) is 11.3 Å². The summed E-state index contributed by atoms with van der Waals surface area (Å²) in [7, 11) is -3.29. The molecule has 21 heteroatoms. The zero-order valence-corrected chi connectivity index (χ0v) is 32.0. The van der Waals surface area contributed by atoms with Gasteiger partial charge in [0, 0.05) is 36.3 Å². The summed E-state index contributed by atoms with van der Waals surface area (Å²) in [6.45, 7) is 4.60. The second-order valence-corrected chi connectivity index (χ2v) is 15.4. The van der Waals surface area contributed by atoms with Crippen molar-refractivity contribution >= 4 is 56.7 Å². The highest BCUT2D eigenvalue weighted by Crippen LogP contribution is 2.41. The van der Waals surface area contributed by atoms with Gasteiger partial charge >= 0.3 is 5.97 Å². The number of carboxylic acid groups (broad SMARTS) is 2. The predicted octanol–water partition coefficient (Wildman–Crippen LogP) is -0.795. The third kappa shape index (κ3) is 9.61. The third-order valence-corrected chi connectivity index (χ3v) is 10.6. The molecule has 4 heterocycles. The fraction of sp³-hybridized carbons (Fsp3) is 0.441. The van der Waals surface area contributed by atoms with Crippen molar-refractivity contribution < 1.29 is 60.8 Å². The summed E-state index contributed by atoms with van der Waals surface area (Å²) in [4.78, 5) is 57.0. The zero-order chi connectivity index (χ0) is 40.9. The Morgan fingerprint density at radius 1 is 1.25 bits per heavy atom. The first kappa shape index (κ1) is 42.7. The van der Waals surface area contributed by atoms with Gasteiger partial charge in [0.05, 0.1) is 11.5 Å². The smallest absolute Gasteiger partial charge is 0.354 e. The molecule has 1 amide bonds. The average molecular weight is 805 g/mol. The first-order chi connectivity index (χ1) is 25.8. The minimum atomic E-state index is -5.25. The highest BCUT2D eigenvalue weighted by atomic mass is 32.3. The number of aromatic nitrogens is 2. The van der Waals surface area contributed by atoms with Crippen LogP contribution in [0.1, 0.15) is 50.6 Å². The molecule has 19 nitrogen and oxygen atoms in total. The second kappa shape index (κ2) is 17.2. The zero-order valence-electron chi connectivity index (χ0n) is 30.4. The number of thiazole rings is 1. The Labute approximate surface area is 320 Å². The Morgan fingerprint density at radius 2 is 1.91 bits per heavy atom. The highest BCUT2D eigenvalue weighted by molar-refractivity contribution is 7.80. The fourth-order valence-electron chi connectivity index (χ4n) is 6.19. The number of ketones is 1. The van der Waals surface area contributed by atoms with Gasteiger partial charge in [-0.25, -0.2) is 22.8 Å². The van der Waals surface area contributed by atoms with Crippen LogP contribution in [0.5, 0.6) is 5.75 Å². The number of fused-ring (bicyclic) bond motifs is 1. The van der Waals surface area contributed by atoms with Gasteiger partial charge in [0.2, 0.25) is 10.4 Å². The number of hydroxylamine groups is 2. The standard InChI is InChI=1S/C33H41N7O10S2.CH2O2/c1-32(2)23(29(42)40(32)50-52(45,46)47)13-25(41)28(24-17-51-31(36)37-24)38-49-33(3,30(43)44)27-10-7-20-12-19(6-9-26(20)48-27)21-5-8-22(39(4)16-21)11-18(14-34)15-35;2-1-3/h5-6,8-9,12,16-18,23,27H,7,10-11,13-15,34-35H2,1-4H3,(H3-,36,37,43,44,45,46,47);1H,(H,2,3)/p-1/b38-28-;/t23-,27-,33+;/m1./s1. The van der Waals surface area contributed by atoms with Crippen LogP contribution in [0.25, 0.3) is 11.1 Å². The minimum Gasteiger partial charge on any atom is -0.724 e. The van der Waals surface area contributed by atoms with Crippen molar-refractivity contribution in [3.8, 4) is 16.9 Å². The van der Waals surface area contributed by atoms with E-state index in [1.54, 1.807) is 6.07 Å². The third-order valence-electron chi connectivity index (χ3n) is 9.57. The van der Waals surface area contributed by atoms with Crippen LogP contribution in [0, 0.1) is 11.8 Å². The Bertz CT molecular complexity index is 2070. The maximum atomic E-state index is 13.6. The quantitative estimate of drug-likeness (QED) is 0.0278. The predicted molar refractivity (Wildman–Crippen MR) is 192 cm³/mol. The molecule has 3 aromatic rings. The number of carbonyl (C=O) groups excluding carboxylic acids is 3. The Morgan fingerprint density at radius 3 is 2.45 bits per heavy atom.